The Morgan fingerprint density at radius 2 is 1.90 bits per heavy atom. The highest BCUT2D eigenvalue weighted by Crippen LogP contribution is 2.22. The summed E-state index contributed by atoms with van der Waals surface area (Å²) in [6, 6.07) is 15.4. The van der Waals surface area contributed by atoms with Gasteiger partial charge in [0.05, 0.1) is 5.92 Å². The summed E-state index contributed by atoms with van der Waals surface area (Å²) in [7, 11) is 0. The van der Waals surface area contributed by atoms with Crippen LogP contribution in [0.1, 0.15) is 30.9 Å². The molecule has 0 spiro atoms. The maximum absolute atomic E-state index is 12.9. The summed E-state index contributed by atoms with van der Waals surface area (Å²) in [5.41, 5.74) is 3.76. The fourth-order valence-electron chi connectivity index (χ4n) is 3.59. The zero-order chi connectivity index (χ0) is 20.6. The van der Waals surface area contributed by atoms with Crippen molar-refractivity contribution in [2.45, 2.75) is 33.2 Å². The van der Waals surface area contributed by atoms with Gasteiger partial charge in [-0.25, -0.2) is 4.79 Å². The highest BCUT2D eigenvalue weighted by atomic mass is 35.5. The number of aryl methyl sites for hydroxylation is 1. The van der Waals surface area contributed by atoms with E-state index in [0.717, 1.165) is 41.9 Å². The standard InChI is InChI=1S/C23H30N4O2.ClH/c1-3-24-15-18-9-4-5-12-21(18)26-22(28)19-10-7-13-27(16-19)23(29)25-20-11-6-8-17(2)14-20;/h4-6,8-9,11-12,14,19,24H,3,7,10,13,15-16H2,1-2H3,(H,25,29)(H,26,28);1H. The summed E-state index contributed by atoms with van der Waals surface area (Å²) >= 11 is 0. The van der Waals surface area contributed by atoms with E-state index in [1.165, 1.54) is 0 Å². The molecule has 1 heterocycles. The minimum atomic E-state index is -0.209. The van der Waals surface area contributed by atoms with Crippen LogP contribution in [-0.2, 0) is 11.3 Å². The molecule has 3 N–H and O–H groups in total. The number of nitrogens with one attached hydrogen (secondary N) is 3. The van der Waals surface area contributed by atoms with Gasteiger partial charge in [0.25, 0.3) is 0 Å². The molecular formula is C23H31ClN4O2. The number of piperidine rings is 1. The summed E-state index contributed by atoms with van der Waals surface area (Å²) < 4.78 is 0. The average molecular weight is 431 g/mol. The molecule has 0 radical (unpaired) electrons. The highest BCUT2D eigenvalue weighted by Gasteiger charge is 2.28. The zero-order valence-corrected chi connectivity index (χ0v) is 18.4. The third-order valence-corrected chi connectivity index (χ3v) is 5.19. The lowest BCUT2D eigenvalue weighted by molar-refractivity contribution is -0.121. The quantitative estimate of drug-likeness (QED) is 0.635. The van der Waals surface area contributed by atoms with Crippen molar-refractivity contribution in [3.05, 3.63) is 59.7 Å². The molecule has 0 aromatic heterocycles. The van der Waals surface area contributed by atoms with Gasteiger partial charge in [0.1, 0.15) is 0 Å². The van der Waals surface area contributed by atoms with Crippen molar-refractivity contribution in [2.75, 3.05) is 30.3 Å². The van der Waals surface area contributed by atoms with Crippen LogP contribution < -0.4 is 16.0 Å². The molecule has 2 aromatic rings. The number of urea groups is 1. The number of amides is 3. The number of halogens is 1. The Bertz CT molecular complexity index is 859. The minimum Gasteiger partial charge on any atom is -0.325 e. The number of para-hydroxylation sites is 1. The van der Waals surface area contributed by atoms with E-state index in [4.69, 9.17) is 0 Å². The van der Waals surface area contributed by atoms with Gasteiger partial charge in [0, 0.05) is 31.0 Å². The van der Waals surface area contributed by atoms with Gasteiger partial charge in [-0.2, -0.15) is 0 Å². The maximum Gasteiger partial charge on any atom is 0.321 e. The van der Waals surface area contributed by atoms with Gasteiger partial charge in [-0.15, -0.1) is 12.4 Å². The van der Waals surface area contributed by atoms with Crippen LogP contribution in [0.3, 0.4) is 0 Å². The fourth-order valence-corrected chi connectivity index (χ4v) is 3.59. The Labute approximate surface area is 184 Å². The lowest BCUT2D eigenvalue weighted by atomic mass is 9.97. The summed E-state index contributed by atoms with van der Waals surface area (Å²) in [5.74, 6) is -0.235. The Hall–Kier alpha value is -2.57. The molecule has 0 bridgehead atoms. The van der Waals surface area contributed by atoms with Crippen LogP contribution >= 0.6 is 12.4 Å². The van der Waals surface area contributed by atoms with Gasteiger partial charge in [-0.05, 0) is 55.6 Å². The molecule has 1 saturated heterocycles. The van der Waals surface area contributed by atoms with E-state index in [2.05, 4.69) is 22.9 Å². The number of carbonyl (C=O) groups excluding carboxylic acids is 2. The molecule has 30 heavy (non-hydrogen) atoms. The summed E-state index contributed by atoms with van der Waals surface area (Å²) in [6.07, 6.45) is 1.60. The van der Waals surface area contributed by atoms with E-state index in [1.807, 2.05) is 55.5 Å². The second-order valence-corrected chi connectivity index (χ2v) is 7.51. The van der Waals surface area contributed by atoms with E-state index < -0.39 is 0 Å². The maximum atomic E-state index is 12.9. The van der Waals surface area contributed by atoms with Crippen LogP contribution in [0.4, 0.5) is 16.2 Å². The Morgan fingerprint density at radius 1 is 1.10 bits per heavy atom. The normalized spacial score (nSPS) is 15.8. The van der Waals surface area contributed by atoms with Gasteiger partial charge in [0.15, 0.2) is 0 Å². The molecule has 1 atom stereocenters. The van der Waals surface area contributed by atoms with Gasteiger partial charge < -0.3 is 20.9 Å². The number of nitrogens with zero attached hydrogens (tertiary/aromatic N) is 1. The van der Waals surface area contributed by atoms with E-state index in [-0.39, 0.29) is 30.3 Å². The molecule has 2 aromatic carbocycles. The van der Waals surface area contributed by atoms with E-state index in [0.29, 0.717) is 19.6 Å². The molecule has 1 aliphatic heterocycles. The van der Waals surface area contributed by atoms with Crippen LogP contribution in [0.15, 0.2) is 48.5 Å². The van der Waals surface area contributed by atoms with Gasteiger partial charge in [0.2, 0.25) is 5.91 Å². The fraction of sp³-hybridized carbons (Fsp3) is 0.391. The first-order valence-corrected chi connectivity index (χ1v) is 10.3. The lowest BCUT2D eigenvalue weighted by Crippen LogP contribution is -2.45. The Balaban J connectivity index is 0.00000320. The Kier molecular flexibility index (Phi) is 9.15. The molecule has 6 nitrogen and oxygen atoms in total. The molecular weight excluding hydrogens is 400 g/mol. The molecule has 3 amide bonds. The average Bonchev–Trinajstić information content (AvgIpc) is 2.73. The summed E-state index contributed by atoms with van der Waals surface area (Å²) in [4.78, 5) is 27.3. The highest BCUT2D eigenvalue weighted by molar-refractivity contribution is 5.94. The largest absolute Gasteiger partial charge is 0.325 e. The minimum absolute atomic E-state index is 0. The summed E-state index contributed by atoms with van der Waals surface area (Å²) in [5, 5.41) is 9.30. The number of hydrogen-bond acceptors (Lipinski definition) is 3. The first kappa shape index (κ1) is 23.7. The van der Waals surface area contributed by atoms with Gasteiger partial charge in [-0.1, -0.05) is 37.3 Å². The molecule has 7 heteroatoms. The number of carbonyl (C=O) groups is 2. The van der Waals surface area contributed by atoms with Crippen molar-refractivity contribution in [1.82, 2.24) is 10.2 Å². The van der Waals surface area contributed by atoms with E-state index in [9.17, 15) is 9.59 Å². The van der Waals surface area contributed by atoms with Crippen molar-refractivity contribution in [1.29, 1.82) is 0 Å². The lowest BCUT2D eigenvalue weighted by Gasteiger charge is -2.32. The van der Waals surface area contributed by atoms with Crippen LogP contribution in [0.2, 0.25) is 0 Å². The van der Waals surface area contributed by atoms with E-state index >= 15 is 0 Å². The van der Waals surface area contributed by atoms with E-state index in [1.54, 1.807) is 4.90 Å². The second kappa shape index (κ2) is 11.6. The van der Waals surface area contributed by atoms with Crippen molar-refractivity contribution in [3.8, 4) is 0 Å². The smallest absolute Gasteiger partial charge is 0.321 e. The predicted octanol–water partition coefficient (Wildman–Crippen LogP) is 4.41. The third-order valence-electron chi connectivity index (χ3n) is 5.19. The van der Waals surface area contributed by atoms with Crippen LogP contribution in [-0.4, -0.2) is 36.5 Å². The van der Waals surface area contributed by atoms with Crippen molar-refractivity contribution < 1.29 is 9.59 Å². The van der Waals surface area contributed by atoms with Crippen molar-refractivity contribution in [3.63, 3.8) is 0 Å². The van der Waals surface area contributed by atoms with Crippen LogP contribution in [0.25, 0.3) is 0 Å². The molecule has 1 aliphatic rings. The van der Waals surface area contributed by atoms with Crippen LogP contribution in [0, 0.1) is 12.8 Å². The number of hydrogen-bond donors (Lipinski definition) is 3. The van der Waals surface area contributed by atoms with Crippen LogP contribution in [0.5, 0.6) is 0 Å². The molecule has 0 saturated carbocycles. The molecule has 1 unspecified atom stereocenters. The number of likely N-dealkylation sites (tertiary alicyclic amines) is 1. The van der Waals surface area contributed by atoms with Crippen molar-refractivity contribution in [2.24, 2.45) is 5.92 Å². The number of anilines is 2. The molecule has 162 valence electrons. The van der Waals surface area contributed by atoms with Gasteiger partial charge >= 0.3 is 6.03 Å². The number of benzene rings is 2. The van der Waals surface area contributed by atoms with Gasteiger partial charge in [-0.3, -0.25) is 4.79 Å². The zero-order valence-electron chi connectivity index (χ0n) is 17.6. The van der Waals surface area contributed by atoms with Crippen molar-refractivity contribution >= 4 is 35.7 Å². The topological polar surface area (TPSA) is 73.5 Å². The third kappa shape index (κ3) is 6.47. The Morgan fingerprint density at radius 3 is 2.67 bits per heavy atom. The first-order valence-electron chi connectivity index (χ1n) is 10.3. The predicted molar refractivity (Wildman–Crippen MR) is 124 cm³/mol. The number of rotatable bonds is 6. The second-order valence-electron chi connectivity index (χ2n) is 7.51. The SMILES string of the molecule is CCNCc1ccccc1NC(=O)C1CCCN(C(=O)Nc2cccc(C)c2)C1.Cl. The molecule has 3 rings (SSSR count). The molecule has 0 aliphatic carbocycles. The molecule has 1 fully saturated rings. The monoisotopic (exact) mass is 430 g/mol. The summed E-state index contributed by atoms with van der Waals surface area (Å²) in [6.45, 7) is 6.72. The first-order chi connectivity index (χ1) is 14.1.